The van der Waals surface area contributed by atoms with Crippen molar-refractivity contribution in [2.75, 3.05) is 13.2 Å². The maximum Gasteiger partial charge on any atom is 0.339 e. The van der Waals surface area contributed by atoms with Gasteiger partial charge >= 0.3 is 5.97 Å². The molecule has 0 aliphatic heterocycles. The summed E-state index contributed by atoms with van der Waals surface area (Å²) in [5.74, 6) is -0.611. The number of fused-ring (bicyclic) bond motifs is 1. The van der Waals surface area contributed by atoms with Crippen molar-refractivity contribution in [2.45, 2.75) is 25.7 Å². The number of carbonyl (C=O) groups is 2. The van der Waals surface area contributed by atoms with Gasteiger partial charge in [-0.25, -0.2) is 9.78 Å². The fourth-order valence-electron chi connectivity index (χ4n) is 2.31. The normalized spacial score (nSPS) is 13.8. The molecule has 0 atom stereocenters. The number of esters is 1. The van der Waals surface area contributed by atoms with Crippen LogP contribution in [0.2, 0.25) is 0 Å². The standard InChI is InChI=1S/C16H17N3O4/c1-3-6-17-13(20)8-22-16(21)11-7-12(10-4-5-10)18-15-14(11)9(2)19-23-15/h3,7,10H,1,4-6,8H2,2H3,(H,17,20). The molecular weight excluding hydrogens is 298 g/mol. The molecule has 1 fully saturated rings. The molecular formula is C16H17N3O4. The quantitative estimate of drug-likeness (QED) is 0.646. The fourth-order valence-corrected chi connectivity index (χ4v) is 2.31. The zero-order valence-corrected chi connectivity index (χ0v) is 12.8. The van der Waals surface area contributed by atoms with Crippen molar-refractivity contribution in [3.63, 3.8) is 0 Å². The van der Waals surface area contributed by atoms with Crippen molar-refractivity contribution >= 4 is 23.0 Å². The van der Waals surface area contributed by atoms with Gasteiger partial charge in [-0.3, -0.25) is 4.79 Å². The van der Waals surface area contributed by atoms with Crippen molar-refractivity contribution in [3.05, 3.63) is 35.7 Å². The summed E-state index contributed by atoms with van der Waals surface area (Å²) in [6.07, 6.45) is 3.64. The molecule has 1 saturated carbocycles. The zero-order chi connectivity index (χ0) is 16.4. The molecule has 0 unspecified atom stereocenters. The van der Waals surface area contributed by atoms with Crippen LogP contribution in [0.3, 0.4) is 0 Å². The summed E-state index contributed by atoms with van der Waals surface area (Å²) in [5.41, 5.74) is 2.04. The number of pyridine rings is 1. The van der Waals surface area contributed by atoms with E-state index in [2.05, 4.69) is 22.0 Å². The maximum atomic E-state index is 12.4. The molecule has 0 saturated heterocycles. The van der Waals surface area contributed by atoms with Gasteiger partial charge in [-0.1, -0.05) is 11.2 Å². The van der Waals surface area contributed by atoms with E-state index in [0.29, 0.717) is 34.8 Å². The third-order valence-electron chi connectivity index (χ3n) is 3.63. The van der Waals surface area contributed by atoms with Crippen molar-refractivity contribution in [3.8, 4) is 0 Å². The van der Waals surface area contributed by atoms with E-state index >= 15 is 0 Å². The summed E-state index contributed by atoms with van der Waals surface area (Å²) in [5, 5.41) is 6.94. The number of aryl methyl sites for hydroxylation is 1. The van der Waals surface area contributed by atoms with Gasteiger partial charge in [-0.2, -0.15) is 0 Å². The van der Waals surface area contributed by atoms with E-state index in [4.69, 9.17) is 9.26 Å². The minimum atomic E-state index is -0.584. The first-order valence-corrected chi connectivity index (χ1v) is 7.41. The average Bonchev–Trinajstić information content (AvgIpc) is 3.34. The van der Waals surface area contributed by atoms with E-state index in [-0.39, 0.29) is 12.5 Å². The summed E-state index contributed by atoms with van der Waals surface area (Å²) in [6, 6.07) is 1.72. The second-order valence-corrected chi connectivity index (χ2v) is 5.49. The lowest BCUT2D eigenvalue weighted by molar-refractivity contribution is -0.124. The SMILES string of the molecule is C=CCNC(=O)COC(=O)c1cc(C2CC2)nc2onc(C)c12. The highest BCUT2D eigenvalue weighted by Crippen LogP contribution is 2.40. The number of ether oxygens (including phenoxy) is 1. The van der Waals surface area contributed by atoms with Crippen molar-refractivity contribution in [1.82, 2.24) is 15.5 Å². The number of carbonyl (C=O) groups excluding carboxylic acids is 2. The predicted octanol–water partition coefficient (Wildman–Crippen LogP) is 1.87. The van der Waals surface area contributed by atoms with E-state index in [1.165, 1.54) is 0 Å². The van der Waals surface area contributed by atoms with E-state index < -0.39 is 5.97 Å². The summed E-state index contributed by atoms with van der Waals surface area (Å²) in [4.78, 5) is 28.3. The highest BCUT2D eigenvalue weighted by molar-refractivity contribution is 6.03. The molecule has 2 heterocycles. The Kier molecular flexibility index (Phi) is 4.10. The summed E-state index contributed by atoms with van der Waals surface area (Å²) in [7, 11) is 0. The van der Waals surface area contributed by atoms with Crippen LogP contribution in [0.1, 0.15) is 40.5 Å². The highest BCUT2D eigenvalue weighted by Gasteiger charge is 2.29. The lowest BCUT2D eigenvalue weighted by atomic mass is 10.1. The average molecular weight is 315 g/mol. The first kappa shape index (κ1) is 15.2. The Morgan fingerprint density at radius 1 is 1.52 bits per heavy atom. The van der Waals surface area contributed by atoms with Crippen LogP contribution in [0.5, 0.6) is 0 Å². The van der Waals surface area contributed by atoms with Gasteiger partial charge in [0.2, 0.25) is 0 Å². The lowest BCUT2D eigenvalue weighted by Crippen LogP contribution is -2.28. The van der Waals surface area contributed by atoms with E-state index in [1.807, 2.05) is 0 Å². The minimum absolute atomic E-state index is 0.326. The van der Waals surface area contributed by atoms with E-state index in [1.54, 1.807) is 19.1 Å². The molecule has 0 spiro atoms. The van der Waals surface area contributed by atoms with Crippen molar-refractivity contribution in [1.29, 1.82) is 0 Å². The van der Waals surface area contributed by atoms with Crippen LogP contribution in [0, 0.1) is 6.92 Å². The molecule has 7 nitrogen and oxygen atoms in total. The molecule has 1 N–H and O–H groups in total. The maximum absolute atomic E-state index is 12.4. The Morgan fingerprint density at radius 2 is 2.30 bits per heavy atom. The summed E-state index contributed by atoms with van der Waals surface area (Å²) in [6.45, 7) is 5.21. The van der Waals surface area contributed by atoms with Gasteiger partial charge in [-0.05, 0) is 25.8 Å². The number of aromatic nitrogens is 2. The van der Waals surface area contributed by atoms with Crippen LogP contribution in [-0.4, -0.2) is 35.2 Å². The van der Waals surface area contributed by atoms with Crippen LogP contribution < -0.4 is 5.32 Å². The first-order valence-electron chi connectivity index (χ1n) is 7.41. The van der Waals surface area contributed by atoms with E-state index in [9.17, 15) is 9.59 Å². The Hall–Kier alpha value is -2.70. The molecule has 120 valence electrons. The van der Waals surface area contributed by atoms with Gasteiger partial charge in [0.05, 0.1) is 16.6 Å². The number of amides is 1. The molecule has 0 radical (unpaired) electrons. The second-order valence-electron chi connectivity index (χ2n) is 5.49. The Morgan fingerprint density at radius 3 is 3.00 bits per heavy atom. The van der Waals surface area contributed by atoms with Gasteiger partial charge in [0.15, 0.2) is 6.61 Å². The molecule has 23 heavy (non-hydrogen) atoms. The van der Waals surface area contributed by atoms with Crippen molar-refractivity contribution < 1.29 is 18.8 Å². The number of hydrogen-bond acceptors (Lipinski definition) is 6. The van der Waals surface area contributed by atoms with Crippen LogP contribution in [0.15, 0.2) is 23.2 Å². The largest absolute Gasteiger partial charge is 0.452 e. The molecule has 0 aromatic carbocycles. The number of rotatable bonds is 6. The molecule has 7 heteroatoms. The summed E-state index contributed by atoms with van der Waals surface area (Å²) >= 11 is 0. The Labute approximate surface area is 132 Å². The topological polar surface area (TPSA) is 94.3 Å². The molecule has 1 amide bonds. The third-order valence-corrected chi connectivity index (χ3v) is 3.63. The fraction of sp³-hybridized carbons (Fsp3) is 0.375. The Bertz CT molecular complexity index is 777. The van der Waals surface area contributed by atoms with Crippen LogP contribution in [-0.2, 0) is 9.53 Å². The van der Waals surface area contributed by atoms with Crippen LogP contribution >= 0.6 is 0 Å². The number of hydrogen-bond donors (Lipinski definition) is 1. The molecule has 0 bridgehead atoms. The number of nitrogens with zero attached hydrogens (tertiary/aromatic N) is 2. The first-order chi connectivity index (χ1) is 11.1. The van der Waals surface area contributed by atoms with Gasteiger partial charge < -0.3 is 14.6 Å². The second kappa shape index (κ2) is 6.20. The third kappa shape index (κ3) is 3.23. The van der Waals surface area contributed by atoms with Gasteiger partial charge in [-0.15, -0.1) is 6.58 Å². The predicted molar refractivity (Wildman–Crippen MR) is 82.0 cm³/mol. The minimum Gasteiger partial charge on any atom is -0.452 e. The van der Waals surface area contributed by atoms with Crippen LogP contribution in [0.4, 0.5) is 0 Å². The number of nitrogens with one attached hydrogen (secondary N) is 1. The molecule has 2 aromatic rings. The monoisotopic (exact) mass is 315 g/mol. The van der Waals surface area contributed by atoms with Crippen LogP contribution in [0.25, 0.3) is 11.1 Å². The van der Waals surface area contributed by atoms with Gasteiger partial charge in [0, 0.05) is 18.2 Å². The molecule has 3 rings (SSSR count). The smallest absolute Gasteiger partial charge is 0.339 e. The molecule has 2 aromatic heterocycles. The highest BCUT2D eigenvalue weighted by atomic mass is 16.5. The summed E-state index contributed by atoms with van der Waals surface area (Å²) < 4.78 is 10.3. The zero-order valence-electron chi connectivity index (χ0n) is 12.8. The van der Waals surface area contributed by atoms with Crippen molar-refractivity contribution in [2.24, 2.45) is 0 Å². The molecule has 1 aliphatic rings. The Balaban J connectivity index is 1.82. The van der Waals surface area contributed by atoms with Gasteiger partial charge in [0.25, 0.3) is 11.6 Å². The van der Waals surface area contributed by atoms with E-state index in [0.717, 1.165) is 18.5 Å². The molecule has 1 aliphatic carbocycles. The lowest BCUT2D eigenvalue weighted by Gasteiger charge is -2.07. The van der Waals surface area contributed by atoms with Gasteiger partial charge in [0.1, 0.15) is 0 Å².